The lowest BCUT2D eigenvalue weighted by Crippen LogP contribution is -2.02. The van der Waals surface area contributed by atoms with Crippen LogP contribution in [0.5, 0.6) is 0 Å². The maximum absolute atomic E-state index is 4.52. The number of allylic oxidation sites excluding steroid dienone is 1. The Balaban J connectivity index is 2.37. The van der Waals surface area contributed by atoms with E-state index in [9.17, 15) is 0 Å². The average molecular weight is 193 g/mol. The summed E-state index contributed by atoms with van der Waals surface area (Å²) in [6.07, 6.45) is 4.69. The molecule has 1 aliphatic rings. The maximum Gasteiger partial charge on any atom is 0.0903 e. The van der Waals surface area contributed by atoms with E-state index in [2.05, 4.69) is 31.8 Å². The largest absolute Gasteiger partial charge is 0.246 e. The van der Waals surface area contributed by atoms with Crippen molar-refractivity contribution in [3.05, 3.63) is 21.2 Å². The van der Waals surface area contributed by atoms with Gasteiger partial charge in [-0.1, -0.05) is 19.4 Å². The molecule has 2 rings (SSSR count). The molecule has 0 spiro atoms. The molecule has 0 bridgehead atoms. The second-order valence-corrected chi connectivity index (χ2v) is 5.15. The first-order chi connectivity index (χ1) is 6.16. The Bertz CT molecular complexity index is 347. The van der Waals surface area contributed by atoms with Crippen LogP contribution in [-0.2, 0) is 6.42 Å². The van der Waals surface area contributed by atoms with Gasteiger partial charge in [-0.3, -0.25) is 0 Å². The van der Waals surface area contributed by atoms with E-state index in [1.165, 1.54) is 22.0 Å². The molecule has 0 aromatic carbocycles. The number of hydrogen-bond donors (Lipinski definition) is 0. The molecule has 0 saturated carbocycles. The summed E-state index contributed by atoms with van der Waals surface area (Å²) in [5, 5.41) is 1.20. The Morgan fingerprint density at radius 2 is 2.15 bits per heavy atom. The van der Waals surface area contributed by atoms with Crippen LogP contribution in [0.25, 0.3) is 6.08 Å². The summed E-state index contributed by atoms with van der Waals surface area (Å²) in [5.41, 5.74) is 2.89. The van der Waals surface area contributed by atoms with E-state index in [0.29, 0.717) is 5.92 Å². The van der Waals surface area contributed by atoms with E-state index in [4.69, 9.17) is 0 Å². The predicted octanol–water partition coefficient (Wildman–Crippen LogP) is 3.44. The van der Waals surface area contributed by atoms with Gasteiger partial charge in [-0.15, -0.1) is 11.3 Å². The van der Waals surface area contributed by atoms with Gasteiger partial charge in [0.25, 0.3) is 0 Å². The van der Waals surface area contributed by atoms with E-state index >= 15 is 0 Å². The molecule has 0 atom stereocenters. The molecule has 0 amide bonds. The Morgan fingerprint density at radius 1 is 1.38 bits per heavy atom. The topological polar surface area (TPSA) is 12.9 Å². The highest BCUT2D eigenvalue weighted by atomic mass is 32.1. The number of hydrogen-bond acceptors (Lipinski definition) is 2. The standard InChI is InChI=1S/C11H15NS/c1-7(2)9-4-5-10-11(6-9)13-8(3)12-10/h6-7H,4-5H2,1-3H3. The third-order valence-corrected chi connectivity index (χ3v) is 3.50. The quantitative estimate of drug-likeness (QED) is 0.666. The molecular weight excluding hydrogens is 178 g/mol. The second kappa shape index (κ2) is 3.26. The molecule has 0 radical (unpaired) electrons. The first-order valence-electron chi connectivity index (χ1n) is 4.83. The van der Waals surface area contributed by atoms with Gasteiger partial charge < -0.3 is 0 Å². The lowest BCUT2D eigenvalue weighted by atomic mass is 9.93. The molecule has 0 fully saturated rings. The zero-order valence-electron chi connectivity index (χ0n) is 8.42. The van der Waals surface area contributed by atoms with Gasteiger partial charge in [0.1, 0.15) is 0 Å². The van der Waals surface area contributed by atoms with E-state index in [1.807, 2.05) is 11.3 Å². The molecule has 1 nitrogen and oxygen atoms in total. The Morgan fingerprint density at radius 3 is 2.85 bits per heavy atom. The number of aryl methyl sites for hydroxylation is 2. The minimum Gasteiger partial charge on any atom is -0.246 e. The molecular formula is C11H15NS. The SMILES string of the molecule is Cc1nc2c(s1)C=C(C(C)C)CC2. The summed E-state index contributed by atoms with van der Waals surface area (Å²) in [6, 6.07) is 0. The van der Waals surface area contributed by atoms with Crippen LogP contribution in [0.3, 0.4) is 0 Å². The third-order valence-electron chi connectivity index (χ3n) is 2.54. The zero-order valence-corrected chi connectivity index (χ0v) is 9.24. The van der Waals surface area contributed by atoms with Gasteiger partial charge in [0.15, 0.2) is 0 Å². The molecule has 1 heterocycles. The molecule has 1 aromatic rings. The van der Waals surface area contributed by atoms with Crippen molar-refractivity contribution < 1.29 is 0 Å². The van der Waals surface area contributed by atoms with Crippen LogP contribution in [0, 0.1) is 12.8 Å². The van der Waals surface area contributed by atoms with Crippen LogP contribution in [0.15, 0.2) is 5.57 Å². The van der Waals surface area contributed by atoms with Gasteiger partial charge in [-0.25, -0.2) is 4.98 Å². The minimum atomic E-state index is 0.690. The molecule has 0 unspecified atom stereocenters. The summed E-state index contributed by atoms with van der Waals surface area (Å²) < 4.78 is 0. The number of aromatic nitrogens is 1. The van der Waals surface area contributed by atoms with E-state index < -0.39 is 0 Å². The molecule has 2 heteroatoms. The van der Waals surface area contributed by atoms with Crippen molar-refractivity contribution >= 4 is 17.4 Å². The molecule has 0 N–H and O–H groups in total. The minimum absolute atomic E-state index is 0.690. The summed E-state index contributed by atoms with van der Waals surface area (Å²) in [7, 11) is 0. The highest BCUT2D eigenvalue weighted by Gasteiger charge is 2.15. The fraction of sp³-hybridized carbons (Fsp3) is 0.545. The first kappa shape index (κ1) is 8.95. The van der Waals surface area contributed by atoms with Crippen molar-refractivity contribution in [1.29, 1.82) is 0 Å². The fourth-order valence-electron chi connectivity index (χ4n) is 1.74. The van der Waals surface area contributed by atoms with Gasteiger partial charge in [-0.2, -0.15) is 0 Å². The van der Waals surface area contributed by atoms with Crippen molar-refractivity contribution in [3.8, 4) is 0 Å². The average Bonchev–Trinajstić information content (AvgIpc) is 2.42. The zero-order chi connectivity index (χ0) is 9.42. The summed E-state index contributed by atoms with van der Waals surface area (Å²) in [4.78, 5) is 5.91. The van der Waals surface area contributed by atoms with Crippen LogP contribution in [-0.4, -0.2) is 4.98 Å². The normalized spacial score (nSPS) is 15.8. The van der Waals surface area contributed by atoms with Crippen molar-refractivity contribution in [1.82, 2.24) is 4.98 Å². The highest BCUT2D eigenvalue weighted by Crippen LogP contribution is 2.31. The number of rotatable bonds is 1. The van der Waals surface area contributed by atoms with Crippen molar-refractivity contribution in [3.63, 3.8) is 0 Å². The van der Waals surface area contributed by atoms with Crippen molar-refractivity contribution in [2.45, 2.75) is 33.6 Å². The van der Waals surface area contributed by atoms with E-state index in [0.717, 1.165) is 6.42 Å². The van der Waals surface area contributed by atoms with Crippen LogP contribution in [0.1, 0.15) is 35.8 Å². The van der Waals surface area contributed by atoms with Gasteiger partial charge in [0.05, 0.1) is 15.6 Å². The second-order valence-electron chi connectivity index (χ2n) is 3.92. The molecule has 70 valence electrons. The highest BCUT2D eigenvalue weighted by molar-refractivity contribution is 7.12. The van der Waals surface area contributed by atoms with Gasteiger partial charge in [-0.05, 0) is 31.8 Å². The summed E-state index contributed by atoms with van der Waals surface area (Å²) in [6.45, 7) is 6.63. The van der Waals surface area contributed by atoms with Gasteiger partial charge in [0, 0.05) is 0 Å². The van der Waals surface area contributed by atoms with Crippen LogP contribution < -0.4 is 0 Å². The Hall–Kier alpha value is -0.630. The van der Waals surface area contributed by atoms with Crippen molar-refractivity contribution in [2.24, 2.45) is 5.92 Å². The summed E-state index contributed by atoms with van der Waals surface area (Å²) in [5.74, 6) is 0.690. The molecule has 1 aliphatic carbocycles. The van der Waals surface area contributed by atoms with Crippen LogP contribution in [0.2, 0.25) is 0 Å². The van der Waals surface area contributed by atoms with Crippen LogP contribution >= 0.6 is 11.3 Å². The predicted molar refractivity (Wildman–Crippen MR) is 58.0 cm³/mol. The lowest BCUT2D eigenvalue weighted by molar-refractivity contribution is 0.705. The maximum atomic E-state index is 4.52. The Labute approximate surface area is 83.5 Å². The van der Waals surface area contributed by atoms with E-state index in [1.54, 1.807) is 5.57 Å². The number of thiazole rings is 1. The monoisotopic (exact) mass is 193 g/mol. The summed E-state index contributed by atoms with van der Waals surface area (Å²) >= 11 is 1.82. The van der Waals surface area contributed by atoms with Crippen LogP contribution in [0.4, 0.5) is 0 Å². The van der Waals surface area contributed by atoms with Gasteiger partial charge in [0.2, 0.25) is 0 Å². The smallest absolute Gasteiger partial charge is 0.0903 e. The third kappa shape index (κ3) is 1.68. The first-order valence-corrected chi connectivity index (χ1v) is 5.65. The number of nitrogens with zero attached hydrogens (tertiary/aromatic N) is 1. The van der Waals surface area contributed by atoms with E-state index in [-0.39, 0.29) is 0 Å². The lowest BCUT2D eigenvalue weighted by Gasteiger charge is -2.15. The van der Waals surface area contributed by atoms with Gasteiger partial charge >= 0.3 is 0 Å². The molecule has 0 saturated heterocycles. The van der Waals surface area contributed by atoms with Crippen molar-refractivity contribution in [2.75, 3.05) is 0 Å². The number of fused-ring (bicyclic) bond motifs is 1. The fourth-order valence-corrected chi connectivity index (χ4v) is 2.69. The molecule has 1 aromatic heterocycles. The Kier molecular flexibility index (Phi) is 2.24. The molecule has 0 aliphatic heterocycles. The molecule has 13 heavy (non-hydrogen) atoms.